The Morgan fingerprint density at radius 2 is 1.73 bits per heavy atom. The first kappa shape index (κ1) is 23.3. The van der Waals surface area contributed by atoms with Gasteiger partial charge in [0.15, 0.2) is 5.75 Å². The number of hydrogen-bond donors (Lipinski definition) is 0. The molecule has 0 spiro atoms. The molecule has 160 valence electrons. The SMILES string of the molecule is C/C=C\Oc1ccc(C(=O)OC)cc1N(/C=C\C)S(=O)(=O)c1cc(Cl)ccc1OC. The predicted octanol–water partition coefficient (Wildman–Crippen LogP) is 4.78. The van der Waals surface area contributed by atoms with Crippen molar-refractivity contribution in [3.63, 3.8) is 0 Å². The van der Waals surface area contributed by atoms with Crippen LogP contribution in [0.5, 0.6) is 11.5 Å². The van der Waals surface area contributed by atoms with Crippen LogP contribution in [0.25, 0.3) is 0 Å². The molecule has 0 unspecified atom stereocenters. The van der Waals surface area contributed by atoms with E-state index in [0.717, 1.165) is 4.31 Å². The summed E-state index contributed by atoms with van der Waals surface area (Å²) >= 11 is 6.04. The lowest BCUT2D eigenvalue weighted by Gasteiger charge is -2.24. The molecule has 9 heteroatoms. The van der Waals surface area contributed by atoms with E-state index in [0.29, 0.717) is 0 Å². The number of rotatable bonds is 8. The van der Waals surface area contributed by atoms with E-state index >= 15 is 0 Å². The molecule has 0 saturated heterocycles. The molecule has 2 aromatic rings. The van der Waals surface area contributed by atoms with Crippen LogP contribution in [0.4, 0.5) is 5.69 Å². The third kappa shape index (κ3) is 4.95. The number of halogens is 1. The van der Waals surface area contributed by atoms with Gasteiger partial charge in [-0.25, -0.2) is 17.5 Å². The molecule has 2 rings (SSSR count). The van der Waals surface area contributed by atoms with E-state index in [1.54, 1.807) is 26.0 Å². The lowest BCUT2D eigenvalue weighted by molar-refractivity contribution is 0.0600. The topological polar surface area (TPSA) is 82.1 Å². The standard InChI is InChI=1S/C21H22ClNO6S/c1-5-11-23(30(25,26)20-14-16(22)8-10-19(20)27-3)17-13-15(21(24)28-4)7-9-18(17)29-12-6-2/h5-14H,1-4H3/b11-5-,12-6-. The molecule has 0 aromatic heterocycles. The summed E-state index contributed by atoms with van der Waals surface area (Å²) in [7, 11) is -1.60. The summed E-state index contributed by atoms with van der Waals surface area (Å²) in [6, 6.07) is 8.63. The Kier molecular flexibility index (Phi) is 7.91. The Hall–Kier alpha value is -2.97. The highest BCUT2D eigenvalue weighted by Gasteiger charge is 2.30. The van der Waals surface area contributed by atoms with Crippen molar-refractivity contribution in [1.29, 1.82) is 0 Å². The van der Waals surface area contributed by atoms with Gasteiger partial charge in [-0.15, -0.1) is 0 Å². The van der Waals surface area contributed by atoms with Crippen LogP contribution in [0, 0.1) is 0 Å². The van der Waals surface area contributed by atoms with E-state index in [4.69, 9.17) is 25.8 Å². The fourth-order valence-corrected chi connectivity index (χ4v) is 4.37. The number of benzene rings is 2. The monoisotopic (exact) mass is 451 g/mol. The van der Waals surface area contributed by atoms with Crippen LogP contribution in [-0.4, -0.2) is 28.6 Å². The summed E-state index contributed by atoms with van der Waals surface area (Å²) in [6.45, 7) is 3.41. The number of carbonyl (C=O) groups excluding carboxylic acids is 1. The Labute approximate surface area is 181 Å². The lowest BCUT2D eigenvalue weighted by atomic mass is 10.2. The van der Waals surface area contributed by atoms with Crippen molar-refractivity contribution in [2.45, 2.75) is 18.7 Å². The van der Waals surface area contributed by atoms with Crippen LogP contribution >= 0.6 is 11.6 Å². The van der Waals surface area contributed by atoms with Gasteiger partial charge in [0.2, 0.25) is 0 Å². The van der Waals surface area contributed by atoms with Crippen LogP contribution in [-0.2, 0) is 14.8 Å². The fourth-order valence-electron chi connectivity index (χ4n) is 2.56. The summed E-state index contributed by atoms with van der Waals surface area (Å²) in [4.78, 5) is 11.9. The maximum atomic E-state index is 13.6. The lowest BCUT2D eigenvalue weighted by Crippen LogP contribution is -2.27. The minimum atomic E-state index is -4.20. The van der Waals surface area contributed by atoms with Gasteiger partial charge in [0.25, 0.3) is 10.0 Å². The van der Waals surface area contributed by atoms with Crippen molar-refractivity contribution in [1.82, 2.24) is 0 Å². The first-order valence-corrected chi connectivity index (χ1v) is 10.6. The average Bonchev–Trinajstić information content (AvgIpc) is 2.75. The first-order valence-electron chi connectivity index (χ1n) is 8.81. The van der Waals surface area contributed by atoms with Gasteiger partial charge in [-0.1, -0.05) is 23.8 Å². The molecule has 0 atom stereocenters. The molecule has 0 aliphatic carbocycles. The summed E-state index contributed by atoms with van der Waals surface area (Å²) in [5.41, 5.74) is 0.263. The number of methoxy groups -OCH3 is 2. The van der Waals surface area contributed by atoms with Crippen molar-refractivity contribution in [3.05, 3.63) is 71.6 Å². The van der Waals surface area contributed by atoms with Crippen LogP contribution in [0.3, 0.4) is 0 Å². The molecule has 0 bridgehead atoms. The number of ether oxygens (including phenoxy) is 3. The first-order chi connectivity index (χ1) is 14.3. The fraction of sp³-hybridized carbons (Fsp3) is 0.190. The number of carbonyl (C=O) groups is 1. The van der Waals surface area contributed by atoms with Gasteiger partial charge in [0, 0.05) is 11.2 Å². The summed E-state index contributed by atoms with van der Waals surface area (Å²) < 4.78 is 43.7. The number of anilines is 1. The molecule has 0 fully saturated rings. The highest BCUT2D eigenvalue weighted by atomic mass is 35.5. The average molecular weight is 452 g/mol. The number of nitrogens with zero attached hydrogens (tertiary/aromatic N) is 1. The number of esters is 1. The number of hydrogen-bond acceptors (Lipinski definition) is 6. The summed E-state index contributed by atoms with van der Waals surface area (Å²) in [5.74, 6) is -0.288. The minimum absolute atomic E-state index is 0.108. The number of sulfonamides is 1. The van der Waals surface area contributed by atoms with Gasteiger partial charge in [-0.2, -0.15) is 0 Å². The van der Waals surface area contributed by atoms with Crippen molar-refractivity contribution in [2.75, 3.05) is 18.5 Å². The van der Waals surface area contributed by atoms with E-state index in [-0.39, 0.29) is 32.7 Å². The third-order valence-electron chi connectivity index (χ3n) is 3.90. The van der Waals surface area contributed by atoms with Crippen molar-refractivity contribution >= 4 is 33.3 Å². The van der Waals surface area contributed by atoms with Gasteiger partial charge >= 0.3 is 5.97 Å². The maximum absolute atomic E-state index is 13.6. The highest BCUT2D eigenvalue weighted by molar-refractivity contribution is 7.93. The Bertz CT molecular complexity index is 1080. The Morgan fingerprint density at radius 1 is 1.03 bits per heavy atom. The Morgan fingerprint density at radius 3 is 2.33 bits per heavy atom. The molecule has 0 amide bonds. The summed E-state index contributed by atoms with van der Waals surface area (Å²) in [6.07, 6.45) is 5.93. The zero-order chi connectivity index (χ0) is 22.3. The van der Waals surface area contributed by atoms with E-state index in [1.165, 1.54) is 63.1 Å². The van der Waals surface area contributed by atoms with Crippen molar-refractivity contribution in [3.8, 4) is 11.5 Å². The maximum Gasteiger partial charge on any atom is 0.337 e. The predicted molar refractivity (Wildman–Crippen MR) is 116 cm³/mol. The van der Waals surface area contributed by atoms with E-state index < -0.39 is 16.0 Å². The minimum Gasteiger partial charge on any atom is -0.495 e. The number of allylic oxidation sites excluding steroid dienone is 2. The van der Waals surface area contributed by atoms with Gasteiger partial charge in [0.05, 0.1) is 26.0 Å². The summed E-state index contributed by atoms with van der Waals surface area (Å²) in [5, 5.41) is 0.225. The second kappa shape index (κ2) is 10.2. The molecule has 0 N–H and O–H groups in total. The van der Waals surface area contributed by atoms with E-state index in [2.05, 4.69) is 0 Å². The Balaban J connectivity index is 2.78. The highest BCUT2D eigenvalue weighted by Crippen LogP contribution is 2.37. The smallest absolute Gasteiger partial charge is 0.337 e. The molecule has 2 aromatic carbocycles. The molecule has 0 saturated carbocycles. The second-order valence-electron chi connectivity index (χ2n) is 5.84. The molecule has 0 heterocycles. The zero-order valence-corrected chi connectivity index (χ0v) is 18.5. The van der Waals surface area contributed by atoms with Gasteiger partial charge in [0.1, 0.15) is 16.3 Å². The van der Waals surface area contributed by atoms with Crippen LogP contribution < -0.4 is 13.8 Å². The van der Waals surface area contributed by atoms with Crippen LogP contribution in [0.1, 0.15) is 24.2 Å². The molecule has 0 radical (unpaired) electrons. The van der Waals surface area contributed by atoms with Gasteiger partial charge < -0.3 is 14.2 Å². The van der Waals surface area contributed by atoms with Crippen LogP contribution in [0.2, 0.25) is 5.02 Å². The third-order valence-corrected chi connectivity index (χ3v) is 5.84. The molecule has 0 aliphatic rings. The van der Waals surface area contributed by atoms with E-state index in [9.17, 15) is 13.2 Å². The molecular formula is C21H22ClNO6S. The molecule has 0 aliphatic heterocycles. The normalized spacial score (nSPS) is 11.6. The second-order valence-corrected chi connectivity index (χ2v) is 8.06. The molecule has 7 nitrogen and oxygen atoms in total. The zero-order valence-electron chi connectivity index (χ0n) is 17.0. The van der Waals surface area contributed by atoms with E-state index in [1.807, 2.05) is 0 Å². The van der Waals surface area contributed by atoms with Crippen molar-refractivity contribution < 1.29 is 27.4 Å². The van der Waals surface area contributed by atoms with Gasteiger partial charge in [-0.05, 0) is 50.2 Å². The van der Waals surface area contributed by atoms with Gasteiger partial charge in [-0.3, -0.25) is 0 Å². The van der Waals surface area contributed by atoms with Crippen LogP contribution in [0.15, 0.2) is 65.9 Å². The molecular weight excluding hydrogens is 430 g/mol. The quantitative estimate of drug-likeness (QED) is 0.424. The largest absolute Gasteiger partial charge is 0.495 e. The van der Waals surface area contributed by atoms with Crippen molar-refractivity contribution in [2.24, 2.45) is 0 Å². The molecule has 30 heavy (non-hydrogen) atoms.